The van der Waals surface area contributed by atoms with Gasteiger partial charge in [0.2, 0.25) is 5.91 Å². The van der Waals surface area contributed by atoms with Crippen molar-refractivity contribution in [2.75, 3.05) is 19.7 Å². The first-order valence-electron chi connectivity index (χ1n) is 5.92. The molecule has 0 aliphatic heterocycles. The van der Waals surface area contributed by atoms with Crippen molar-refractivity contribution in [2.24, 2.45) is 5.73 Å². The van der Waals surface area contributed by atoms with Crippen molar-refractivity contribution in [2.45, 2.75) is 12.5 Å². The Hall–Kier alpha value is -2.10. The average Bonchev–Trinajstić information content (AvgIpc) is 2.41. The molecule has 0 aromatic heterocycles. The first kappa shape index (κ1) is 15.0. The number of nitriles is 1. The van der Waals surface area contributed by atoms with E-state index in [9.17, 15) is 9.90 Å². The van der Waals surface area contributed by atoms with Gasteiger partial charge in [-0.25, -0.2) is 0 Å². The maximum absolute atomic E-state index is 10.5. The van der Waals surface area contributed by atoms with Gasteiger partial charge in [0, 0.05) is 19.5 Å². The molecule has 102 valence electrons. The Balaban J connectivity index is 2.24. The zero-order chi connectivity index (χ0) is 14.1. The molecule has 4 N–H and O–H groups in total. The van der Waals surface area contributed by atoms with Gasteiger partial charge in [-0.1, -0.05) is 6.07 Å². The minimum Gasteiger partial charge on any atom is -0.491 e. The van der Waals surface area contributed by atoms with Gasteiger partial charge in [-0.3, -0.25) is 4.79 Å². The smallest absolute Gasteiger partial charge is 0.218 e. The van der Waals surface area contributed by atoms with Crippen molar-refractivity contribution in [1.29, 1.82) is 5.26 Å². The predicted octanol–water partition coefficient (Wildman–Crippen LogP) is -0.237. The number of amides is 1. The van der Waals surface area contributed by atoms with Crippen LogP contribution in [0.2, 0.25) is 0 Å². The summed E-state index contributed by atoms with van der Waals surface area (Å²) in [5.74, 6) is 0.154. The number of primary amides is 1. The summed E-state index contributed by atoms with van der Waals surface area (Å²) in [5, 5.41) is 21.3. The summed E-state index contributed by atoms with van der Waals surface area (Å²) in [6.07, 6.45) is -0.462. The third-order valence-corrected chi connectivity index (χ3v) is 2.33. The lowest BCUT2D eigenvalue weighted by atomic mass is 10.2. The molecule has 0 bridgehead atoms. The Kier molecular flexibility index (Phi) is 6.36. The third kappa shape index (κ3) is 6.41. The molecule has 0 saturated carbocycles. The molecule has 0 heterocycles. The number of hydrogen-bond donors (Lipinski definition) is 3. The molecule has 0 saturated heterocycles. The normalized spacial score (nSPS) is 11.6. The second kappa shape index (κ2) is 8.08. The Morgan fingerprint density at radius 1 is 1.58 bits per heavy atom. The zero-order valence-electron chi connectivity index (χ0n) is 10.5. The molecule has 1 aromatic carbocycles. The number of carbonyl (C=O) groups excluding carboxylic acids is 1. The SMILES string of the molecule is N#Cc1cccc(OCC(O)CNCCC(N)=O)c1. The van der Waals surface area contributed by atoms with Gasteiger partial charge in [0.15, 0.2) is 0 Å². The highest BCUT2D eigenvalue weighted by atomic mass is 16.5. The van der Waals surface area contributed by atoms with Gasteiger partial charge >= 0.3 is 0 Å². The zero-order valence-corrected chi connectivity index (χ0v) is 10.5. The molecule has 1 amide bonds. The average molecular weight is 263 g/mol. The number of aliphatic hydroxyl groups excluding tert-OH is 1. The number of nitrogens with zero attached hydrogens (tertiary/aromatic N) is 1. The van der Waals surface area contributed by atoms with E-state index in [1.807, 2.05) is 6.07 Å². The third-order valence-electron chi connectivity index (χ3n) is 2.33. The minimum absolute atomic E-state index is 0.110. The van der Waals surface area contributed by atoms with Gasteiger partial charge in [0.1, 0.15) is 18.5 Å². The van der Waals surface area contributed by atoms with Crippen LogP contribution in [0, 0.1) is 11.3 Å². The topological polar surface area (TPSA) is 108 Å². The van der Waals surface area contributed by atoms with Crippen LogP contribution in [0.1, 0.15) is 12.0 Å². The monoisotopic (exact) mass is 263 g/mol. The molecular formula is C13H17N3O3. The lowest BCUT2D eigenvalue weighted by Crippen LogP contribution is -2.33. The van der Waals surface area contributed by atoms with E-state index in [0.29, 0.717) is 24.4 Å². The second-order valence-corrected chi connectivity index (χ2v) is 4.02. The van der Waals surface area contributed by atoms with Crippen molar-refractivity contribution >= 4 is 5.91 Å². The van der Waals surface area contributed by atoms with Gasteiger partial charge in [0.25, 0.3) is 0 Å². The van der Waals surface area contributed by atoms with Crippen LogP contribution < -0.4 is 15.8 Å². The molecule has 0 aliphatic carbocycles. The van der Waals surface area contributed by atoms with E-state index in [-0.39, 0.29) is 18.9 Å². The van der Waals surface area contributed by atoms with Crippen LogP contribution in [0.4, 0.5) is 0 Å². The number of benzene rings is 1. The number of aliphatic hydroxyl groups is 1. The summed E-state index contributed by atoms with van der Waals surface area (Å²) in [6.45, 7) is 0.847. The van der Waals surface area contributed by atoms with Crippen molar-refractivity contribution in [3.05, 3.63) is 29.8 Å². The van der Waals surface area contributed by atoms with E-state index < -0.39 is 6.10 Å². The van der Waals surface area contributed by atoms with Crippen molar-refractivity contribution in [3.63, 3.8) is 0 Å². The van der Waals surface area contributed by atoms with E-state index >= 15 is 0 Å². The Bertz CT molecular complexity index is 457. The first-order valence-corrected chi connectivity index (χ1v) is 5.92. The van der Waals surface area contributed by atoms with Gasteiger partial charge in [-0.05, 0) is 18.2 Å². The first-order chi connectivity index (χ1) is 9.11. The number of rotatable bonds is 8. The quantitative estimate of drug-likeness (QED) is 0.561. The Labute approximate surface area is 111 Å². The summed E-state index contributed by atoms with van der Waals surface area (Å²) in [7, 11) is 0. The maximum Gasteiger partial charge on any atom is 0.218 e. The molecule has 1 atom stereocenters. The summed E-state index contributed by atoms with van der Waals surface area (Å²) >= 11 is 0. The summed E-state index contributed by atoms with van der Waals surface area (Å²) in [4.78, 5) is 10.5. The molecule has 0 aliphatic rings. The van der Waals surface area contributed by atoms with E-state index in [1.54, 1.807) is 24.3 Å². The van der Waals surface area contributed by atoms with Crippen LogP contribution in [0.25, 0.3) is 0 Å². The Morgan fingerprint density at radius 3 is 3.05 bits per heavy atom. The fourth-order valence-corrected chi connectivity index (χ4v) is 1.39. The molecule has 0 spiro atoms. The highest BCUT2D eigenvalue weighted by Gasteiger charge is 2.05. The molecule has 0 radical (unpaired) electrons. The molecule has 0 fully saturated rings. The molecular weight excluding hydrogens is 246 g/mol. The molecule has 1 unspecified atom stereocenters. The fraction of sp³-hybridized carbons (Fsp3) is 0.385. The van der Waals surface area contributed by atoms with Crippen molar-refractivity contribution in [3.8, 4) is 11.8 Å². The van der Waals surface area contributed by atoms with Crippen LogP contribution in [0.15, 0.2) is 24.3 Å². The van der Waals surface area contributed by atoms with Crippen LogP contribution in [0.3, 0.4) is 0 Å². The highest BCUT2D eigenvalue weighted by molar-refractivity contribution is 5.73. The number of nitrogens with one attached hydrogen (secondary N) is 1. The molecule has 1 aromatic rings. The van der Waals surface area contributed by atoms with E-state index in [0.717, 1.165) is 0 Å². The van der Waals surface area contributed by atoms with E-state index in [1.165, 1.54) is 0 Å². The van der Waals surface area contributed by atoms with Crippen LogP contribution in [-0.2, 0) is 4.79 Å². The molecule has 19 heavy (non-hydrogen) atoms. The lowest BCUT2D eigenvalue weighted by Gasteiger charge is -2.13. The fourth-order valence-electron chi connectivity index (χ4n) is 1.39. The summed E-state index contributed by atoms with van der Waals surface area (Å²) in [6, 6.07) is 8.72. The largest absolute Gasteiger partial charge is 0.491 e. The van der Waals surface area contributed by atoms with Gasteiger partial charge in [-0.2, -0.15) is 5.26 Å². The van der Waals surface area contributed by atoms with Gasteiger partial charge < -0.3 is 20.9 Å². The van der Waals surface area contributed by atoms with Gasteiger partial charge in [-0.15, -0.1) is 0 Å². The standard InChI is InChI=1S/C13H17N3O3/c14-7-10-2-1-3-12(6-10)19-9-11(17)8-16-5-4-13(15)18/h1-3,6,11,16-17H,4-5,8-9H2,(H2,15,18). The minimum atomic E-state index is -0.696. The maximum atomic E-state index is 10.5. The molecule has 1 rings (SSSR count). The number of hydrogen-bond acceptors (Lipinski definition) is 5. The van der Waals surface area contributed by atoms with Crippen LogP contribution in [-0.4, -0.2) is 36.8 Å². The van der Waals surface area contributed by atoms with Crippen molar-refractivity contribution in [1.82, 2.24) is 5.32 Å². The highest BCUT2D eigenvalue weighted by Crippen LogP contribution is 2.12. The van der Waals surface area contributed by atoms with Crippen LogP contribution >= 0.6 is 0 Å². The number of nitrogens with two attached hydrogens (primary N) is 1. The van der Waals surface area contributed by atoms with Crippen molar-refractivity contribution < 1.29 is 14.6 Å². The number of ether oxygens (including phenoxy) is 1. The summed E-state index contributed by atoms with van der Waals surface area (Å²) < 4.78 is 5.36. The van der Waals surface area contributed by atoms with E-state index in [2.05, 4.69) is 5.32 Å². The van der Waals surface area contributed by atoms with Gasteiger partial charge in [0.05, 0.1) is 11.6 Å². The van der Waals surface area contributed by atoms with Crippen LogP contribution in [0.5, 0.6) is 5.75 Å². The number of carbonyl (C=O) groups is 1. The Morgan fingerprint density at radius 2 is 2.37 bits per heavy atom. The second-order valence-electron chi connectivity index (χ2n) is 4.02. The predicted molar refractivity (Wildman–Crippen MR) is 69.3 cm³/mol. The lowest BCUT2D eigenvalue weighted by molar-refractivity contribution is -0.117. The van der Waals surface area contributed by atoms with E-state index in [4.69, 9.17) is 15.7 Å². The molecule has 6 nitrogen and oxygen atoms in total. The summed E-state index contributed by atoms with van der Waals surface area (Å²) in [5.41, 5.74) is 5.48. The molecule has 6 heteroatoms.